The molecule has 0 fully saturated rings. The molecule has 4 rings (SSSR count). The molecular formula is C18H14N4OS2. The number of ketones is 1. The number of anilines is 1. The average molecular weight is 366 g/mol. The lowest BCUT2D eigenvalue weighted by Gasteiger charge is -2.14. The summed E-state index contributed by atoms with van der Waals surface area (Å²) >= 11 is 2.67. The minimum absolute atomic E-state index is 0.0300. The van der Waals surface area contributed by atoms with Crippen molar-refractivity contribution in [3.8, 4) is 0 Å². The van der Waals surface area contributed by atoms with Crippen LogP contribution in [0, 0.1) is 0 Å². The molecule has 2 heterocycles. The Morgan fingerprint density at radius 2 is 1.84 bits per heavy atom. The number of hydrogen-bond donors (Lipinski definition) is 2. The Kier molecular flexibility index (Phi) is 4.25. The van der Waals surface area contributed by atoms with E-state index in [0.717, 1.165) is 16.5 Å². The maximum absolute atomic E-state index is 13.3. The molecule has 7 heteroatoms. The van der Waals surface area contributed by atoms with Crippen LogP contribution in [0.2, 0.25) is 0 Å². The maximum atomic E-state index is 13.3. The summed E-state index contributed by atoms with van der Waals surface area (Å²) in [7, 11) is 0. The first-order valence-corrected chi connectivity index (χ1v) is 9.33. The average Bonchev–Trinajstić information content (AvgIpc) is 3.26. The van der Waals surface area contributed by atoms with Gasteiger partial charge in [0.2, 0.25) is 5.13 Å². The predicted molar refractivity (Wildman–Crippen MR) is 102 cm³/mol. The standard InChI is InChI=1S/C18H14N4OS2/c19-17-21-22-18(25-17)24-16(11-6-2-1-3-7-11)15(23)13-10-20-14-9-5-4-8-12(13)14/h1-10,16,20H,(H2,19,21). The fourth-order valence-electron chi connectivity index (χ4n) is 2.69. The second kappa shape index (κ2) is 6.70. The van der Waals surface area contributed by atoms with Crippen LogP contribution >= 0.6 is 23.1 Å². The lowest BCUT2D eigenvalue weighted by atomic mass is 10.0. The highest BCUT2D eigenvalue weighted by atomic mass is 32.2. The SMILES string of the molecule is Nc1nnc(SC(C(=O)c2c[nH]c3ccccc23)c2ccccc2)s1. The van der Waals surface area contributed by atoms with Gasteiger partial charge in [0.25, 0.3) is 0 Å². The molecule has 0 saturated carbocycles. The molecule has 2 aromatic carbocycles. The number of hydrogen-bond acceptors (Lipinski definition) is 6. The van der Waals surface area contributed by atoms with E-state index in [1.54, 1.807) is 6.20 Å². The molecule has 1 atom stereocenters. The molecule has 2 aromatic heterocycles. The third-order valence-corrected chi connectivity index (χ3v) is 5.93. The molecule has 0 spiro atoms. The van der Waals surface area contributed by atoms with Crippen molar-refractivity contribution in [3.05, 3.63) is 71.9 Å². The number of nitrogen functional groups attached to an aromatic ring is 1. The fourth-order valence-corrected chi connectivity index (χ4v) is 4.58. The third kappa shape index (κ3) is 3.16. The Balaban J connectivity index is 1.75. The van der Waals surface area contributed by atoms with E-state index in [0.29, 0.717) is 15.0 Å². The normalized spacial score (nSPS) is 12.3. The van der Waals surface area contributed by atoms with Crippen LogP contribution in [0.4, 0.5) is 5.13 Å². The molecule has 25 heavy (non-hydrogen) atoms. The van der Waals surface area contributed by atoms with Crippen molar-refractivity contribution in [1.82, 2.24) is 15.2 Å². The van der Waals surface area contributed by atoms with Crippen LogP contribution in [-0.2, 0) is 0 Å². The Labute approximate surface area is 152 Å². The summed E-state index contributed by atoms with van der Waals surface area (Å²) < 4.78 is 0.680. The lowest BCUT2D eigenvalue weighted by molar-refractivity contribution is 0.0991. The first-order valence-electron chi connectivity index (χ1n) is 7.63. The van der Waals surface area contributed by atoms with E-state index in [4.69, 9.17) is 5.73 Å². The molecule has 0 saturated heterocycles. The number of nitrogens with zero attached hydrogens (tertiary/aromatic N) is 2. The zero-order valence-corrected chi connectivity index (χ0v) is 14.7. The summed E-state index contributed by atoms with van der Waals surface area (Å²) in [4.78, 5) is 16.5. The van der Waals surface area contributed by atoms with Gasteiger partial charge >= 0.3 is 0 Å². The number of para-hydroxylation sites is 1. The summed E-state index contributed by atoms with van der Waals surface area (Å²) in [6.45, 7) is 0. The molecule has 124 valence electrons. The van der Waals surface area contributed by atoms with Gasteiger partial charge in [-0.1, -0.05) is 71.6 Å². The third-order valence-electron chi connectivity index (χ3n) is 3.84. The van der Waals surface area contributed by atoms with E-state index in [1.807, 2.05) is 54.6 Å². The van der Waals surface area contributed by atoms with Gasteiger partial charge in [0.05, 0.1) is 0 Å². The first kappa shape index (κ1) is 15.9. The summed E-state index contributed by atoms with van der Waals surface area (Å²) in [6, 6.07) is 17.5. The van der Waals surface area contributed by atoms with Crippen molar-refractivity contribution in [2.45, 2.75) is 9.59 Å². The minimum atomic E-state index is -0.409. The summed E-state index contributed by atoms with van der Waals surface area (Å²) in [5.41, 5.74) is 8.23. The summed E-state index contributed by atoms with van der Waals surface area (Å²) in [5.74, 6) is 0.0300. The number of nitrogens with one attached hydrogen (secondary N) is 1. The molecule has 0 aliphatic heterocycles. The number of nitrogens with two attached hydrogens (primary N) is 1. The van der Waals surface area contributed by atoms with Crippen LogP contribution in [0.3, 0.4) is 0 Å². The molecule has 4 aromatic rings. The number of H-pyrrole nitrogens is 1. The van der Waals surface area contributed by atoms with Crippen molar-refractivity contribution >= 4 is 44.9 Å². The molecule has 0 amide bonds. The van der Waals surface area contributed by atoms with Crippen molar-refractivity contribution in [2.24, 2.45) is 0 Å². The molecule has 0 aliphatic carbocycles. The van der Waals surface area contributed by atoms with E-state index in [1.165, 1.54) is 23.1 Å². The molecule has 0 bridgehead atoms. The number of fused-ring (bicyclic) bond motifs is 1. The second-order valence-corrected chi connectivity index (χ2v) is 7.79. The van der Waals surface area contributed by atoms with Gasteiger partial charge in [0, 0.05) is 22.7 Å². The highest BCUT2D eigenvalue weighted by Gasteiger charge is 2.26. The lowest BCUT2D eigenvalue weighted by Crippen LogP contribution is -2.09. The number of benzene rings is 2. The van der Waals surface area contributed by atoms with Crippen LogP contribution in [0.25, 0.3) is 10.9 Å². The van der Waals surface area contributed by atoms with Gasteiger partial charge in [-0.2, -0.15) is 0 Å². The first-order chi connectivity index (χ1) is 12.2. The number of Topliss-reactive ketones (excluding diaryl/α,β-unsaturated/α-hetero) is 1. The molecular weight excluding hydrogens is 352 g/mol. The predicted octanol–water partition coefficient (Wildman–Crippen LogP) is 4.32. The van der Waals surface area contributed by atoms with Gasteiger partial charge in [0.1, 0.15) is 5.25 Å². The summed E-state index contributed by atoms with van der Waals surface area (Å²) in [5, 5.41) is 8.81. The van der Waals surface area contributed by atoms with Gasteiger partial charge in [-0.15, -0.1) is 10.2 Å². The van der Waals surface area contributed by atoms with E-state index in [-0.39, 0.29) is 5.78 Å². The highest BCUT2D eigenvalue weighted by Crippen LogP contribution is 2.40. The number of carbonyl (C=O) groups excluding carboxylic acids is 1. The fraction of sp³-hybridized carbons (Fsp3) is 0.0556. The van der Waals surface area contributed by atoms with Gasteiger partial charge < -0.3 is 10.7 Å². The smallest absolute Gasteiger partial charge is 0.203 e. The number of thioether (sulfide) groups is 1. The Morgan fingerprint density at radius 1 is 1.08 bits per heavy atom. The Morgan fingerprint density at radius 3 is 2.60 bits per heavy atom. The van der Waals surface area contributed by atoms with Gasteiger partial charge in [0.15, 0.2) is 10.1 Å². The Hall–Kier alpha value is -2.64. The zero-order valence-electron chi connectivity index (χ0n) is 13.0. The van der Waals surface area contributed by atoms with Crippen LogP contribution < -0.4 is 5.73 Å². The molecule has 5 nitrogen and oxygen atoms in total. The van der Waals surface area contributed by atoms with Crippen molar-refractivity contribution < 1.29 is 4.79 Å². The zero-order chi connectivity index (χ0) is 17.2. The van der Waals surface area contributed by atoms with Crippen LogP contribution in [-0.4, -0.2) is 21.0 Å². The number of carbonyl (C=O) groups is 1. The molecule has 0 aliphatic rings. The topological polar surface area (TPSA) is 84.7 Å². The van der Waals surface area contributed by atoms with E-state index in [2.05, 4.69) is 15.2 Å². The minimum Gasteiger partial charge on any atom is -0.374 e. The van der Waals surface area contributed by atoms with Gasteiger partial charge in [-0.3, -0.25) is 4.79 Å². The number of rotatable bonds is 5. The molecule has 0 radical (unpaired) electrons. The number of aromatic amines is 1. The van der Waals surface area contributed by atoms with Crippen molar-refractivity contribution in [3.63, 3.8) is 0 Å². The van der Waals surface area contributed by atoms with Crippen LogP contribution in [0.5, 0.6) is 0 Å². The highest BCUT2D eigenvalue weighted by molar-refractivity contribution is 8.02. The number of aromatic nitrogens is 3. The molecule has 3 N–H and O–H groups in total. The van der Waals surface area contributed by atoms with Crippen molar-refractivity contribution in [2.75, 3.05) is 5.73 Å². The van der Waals surface area contributed by atoms with Gasteiger partial charge in [-0.25, -0.2) is 0 Å². The second-order valence-electron chi connectivity index (χ2n) is 5.43. The van der Waals surface area contributed by atoms with E-state index >= 15 is 0 Å². The van der Waals surface area contributed by atoms with E-state index in [9.17, 15) is 4.79 Å². The van der Waals surface area contributed by atoms with Crippen LogP contribution in [0.15, 0.2) is 65.1 Å². The Bertz CT molecular complexity index is 1030. The van der Waals surface area contributed by atoms with Crippen molar-refractivity contribution in [1.29, 1.82) is 0 Å². The van der Waals surface area contributed by atoms with Crippen LogP contribution in [0.1, 0.15) is 21.2 Å². The molecule has 1 unspecified atom stereocenters. The monoisotopic (exact) mass is 366 g/mol. The van der Waals surface area contributed by atoms with Gasteiger partial charge in [-0.05, 0) is 11.6 Å². The maximum Gasteiger partial charge on any atom is 0.203 e. The quantitative estimate of drug-likeness (QED) is 0.406. The largest absolute Gasteiger partial charge is 0.374 e. The van der Waals surface area contributed by atoms with E-state index < -0.39 is 5.25 Å². The summed E-state index contributed by atoms with van der Waals surface area (Å²) in [6.07, 6.45) is 1.78.